The maximum absolute atomic E-state index is 11.5. The van der Waals surface area contributed by atoms with Gasteiger partial charge in [0.15, 0.2) is 0 Å². The quantitative estimate of drug-likeness (QED) is 0.342. The Bertz CT molecular complexity index is 408. The van der Waals surface area contributed by atoms with Crippen molar-refractivity contribution in [1.82, 2.24) is 0 Å². The van der Waals surface area contributed by atoms with Crippen molar-refractivity contribution in [3.05, 3.63) is 32.3 Å². The third-order valence-corrected chi connectivity index (χ3v) is 2.85. The van der Waals surface area contributed by atoms with E-state index in [-0.39, 0.29) is 12.1 Å². The summed E-state index contributed by atoms with van der Waals surface area (Å²) in [4.78, 5) is 15.8. The summed E-state index contributed by atoms with van der Waals surface area (Å²) < 4.78 is 5.06. The summed E-state index contributed by atoms with van der Waals surface area (Å²) in [6, 6.07) is 3.59. The van der Waals surface area contributed by atoms with Crippen molar-refractivity contribution in [1.29, 1.82) is 0 Å². The van der Waals surface area contributed by atoms with E-state index in [2.05, 4.69) is 10.0 Å². The van der Waals surface area contributed by atoms with Crippen molar-refractivity contribution in [2.45, 2.75) is 26.4 Å². The summed E-state index contributed by atoms with van der Waals surface area (Å²) in [6.45, 7) is 4.04. The van der Waals surface area contributed by atoms with E-state index in [9.17, 15) is 4.79 Å². The molecule has 1 aromatic rings. The molecule has 0 N–H and O–H groups in total. The van der Waals surface area contributed by atoms with Gasteiger partial charge in [0.05, 0.1) is 6.10 Å². The molecule has 0 aliphatic carbocycles. The summed E-state index contributed by atoms with van der Waals surface area (Å²) in [6.07, 6.45) is 0.546. The number of hydrogen-bond donors (Lipinski definition) is 0. The number of hydrogen-bond acceptors (Lipinski definition) is 4. The lowest BCUT2D eigenvalue weighted by molar-refractivity contribution is 0.0384. The van der Waals surface area contributed by atoms with E-state index < -0.39 is 0 Å². The number of ether oxygens (including phenoxy) is 1. The van der Waals surface area contributed by atoms with Gasteiger partial charge in [0.1, 0.15) is 4.88 Å². The van der Waals surface area contributed by atoms with Gasteiger partial charge in [-0.2, -0.15) is 0 Å². The van der Waals surface area contributed by atoms with Crippen LogP contribution in [0.15, 0.2) is 17.2 Å². The minimum absolute atomic E-state index is 0.110. The number of esters is 1. The van der Waals surface area contributed by atoms with E-state index in [1.54, 1.807) is 6.07 Å². The molecule has 0 aliphatic heterocycles. The van der Waals surface area contributed by atoms with Gasteiger partial charge in [-0.1, -0.05) is 5.11 Å². The second-order valence-corrected chi connectivity index (χ2v) is 4.59. The first-order valence-electron chi connectivity index (χ1n) is 4.94. The third kappa shape index (κ3) is 3.92. The molecule has 86 valence electrons. The maximum atomic E-state index is 11.5. The second-order valence-electron chi connectivity index (χ2n) is 3.42. The van der Waals surface area contributed by atoms with E-state index in [1.807, 2.05) is 19.9 Å². The fraction of sp³-hybridized carbons (Fsp3) is 0.500. The number of rotatable bonds is 5. The lowest BCUT2D eigenvalue weighted by Crippen LogP contribution is -2.09. The number of nitrogens with zero attached hydrogens (tertiary/aromatic N) is 3. The van der Waals surface area contributed by atoms with Crippen LogP contribution in [0.2, 0.25) is 0 Å². The Morgan fingerprint density at radius 2 is 2.38 bits per heavy atom. The molecule has 0 fully saturated rings. The summed E-state index contributed by atoms with van der Waals surface area (Å²) in [5, 5.41) is 3.44. The van der Waals surface area contributed by atoms with Crippen LogP contribution in [0.25, 0.3) is 10.4 Å². The number of carbonyl (C=O) groups excluding carboxylic acids is 1. The lowest BCUT2D eigenvalue weighted by Gasteiger charge is -2.05. The third-order valence-electron chi connectivity index (χ3n) is 1.73. The fourth-order valence-corrected chi connectivity index (χ4v) is 1.98. The average Bonchev–Trinajstić information content (AvgIpc) is 2.66. The van der Waals surface area contributed by atoms with Crippen molar-refractivity contribution in [3.8, 4) is 0 Å². The first kappa shape index (κ1) is 12.5. The van der Waals surface area contributed by atoms with Crippen LogP contribution in [0.4, 0.5) is 0 Å². The smallest absolute Gasteiger partial charge is 0.348 e. The van der Waals surface area contributed by atoms with Crippen LogP contribution in [0.5, 0.6) is 0 Å². The molecular weight excluding hydrogens is 226 g/mol. The Hall–Kier alpha value is -1.52. The Morgan fingerprint density at radius 1 is 1.62 bits per heavy atom. The van der Waals surface area contributed by atoms with Crippen LogP contribution in [0.1, 0.15) is 28.4 Å². The number of thiophene rings is 1. The Morgan fingerprint density at radius 3 is 3.00 bits per heavy atom. The van der Waals surface area contributed by atoms with Crippen LogP contribution in [-0.2, 0) is 11.2 Å². The fourth-order valence-electron chi connectivity index (χ4n) is 1.10. The van der Waals surface area contributed by atoms with Gasteiger partial charge in [-0.3, -0.25) is 0 Å². The molecule has 1 aromatic heterocycles. The van der Waals surface area contributed by atoms with Crippen LogP contribution >= 0.6 is 11.3 Å². The van der Waals surface area contributed by atoms with E-state index in [0.29, 0.717) is 17.8 Å². The molecule has 0 unspecified atom stereocenters. The predicted octanol–water partition coefficient (Wildman–Crippen LogP) is 3.17. The number of azide groups is 1. The van der Waals surface area contributed by atoms with E-state index in [1.165, 1.54) is 11.3 Å². The van der Waals surface area contributed by atoms with Crippen LogP contribution in [-0.4, -0.2) is 18.6 Å². The molecule has 0 aromatic carbocycles. The summed E-state index contributed by atoms with van der Waals surface area (Å²) in [7, 11) is 0. The van der Waals surface area contributed by atoms with Crippen molar-refractivity contribution in [2.24, 2.45) is 5.11 Å². The highest BCUT2D eigenvalue weighted by Gasteiger charge is 2.11. The topological polar surface area (TPSA) is 75.1 Å². The zero-order valence-electron chi connectivity index (χ0n) is 9.21. The molecule has 0 amide bonds. The largest absolute Gasteiger partial charge is 0.459 e. The molecule has 0 atom stereocenters. The SMILES string of the molecule is CC(C)OC(=O)c1ccc(CCN=[N+]=[N-])s1. The second kappa shape index (κ2) is 6.15. The molecule has 0 aliphatic rings. The molecule has 16 heavy (non-hydrogen) atoms. The molecule has 0 spiro atoms. The van der Waals surface area contributed by atoms with Crippen LogP contribution < -0.4 is 0 Å². The average molecular weight is 239 g/mol. The van der Waals surface area contributed by atoms with Crippen molar-refractivity contribution in [3.63, 3.8) is 0 Å². The van der Waals surface area contributed by atoms with E-state index >= 15 is 0 Å². The zero-order chi connectivity index (χ0) is 12.0. The highest BCUT2D eigenvalue weighted by Crippen LogP contribution is 2.18. The van der Waals surface area contributed by atoms with Gasteiger partial charge in [-0.05, 0) is 37.9 Å². The maximum Gasteiger partial charge on any atom is 0.348 e. The Labute approximate surface area is 97.7 Å². The van der Waals surface area contributed by atoms with Gasteiger partial charge in [-0.15, -0.1) is 11.3 Å². The Kier molecular flexibility index (Phi) is 4.82. The molecule has 5 nitrogen and oxygen atoms in total. The standard InChI is InChI=1S/C10H13N3O2S/c1-7(2)15-10(14)9-4-3-8(16-9)5-6-12-13-11/h3-4,7H,5-6H2,1-2H3. The number of carbonyl (C=O) groups is 1. The molecule has 1 heterocycles. The first-order valence-corrected chi connectivity index (χ1v) is 5.75. The predicted molar refractivity (Wildman–Crippen MR) is 62.6 cm³/mol. The minimum Gasteiger partial charge on any atom is -0.459 e. The van der Waals surface area contributed by atoms with Gasteiger partial charge < -0.3 is 4.74 Å². The van der Waals surface area contributed by atoms with Crippen LogP contribution in [0, 0.1) is 0 Å². The molecule has 6 heteroatoms. The van der Waals surface area contributed by atoms with Crippen molar-refractivity contribution in [2.75, 3.05) is 6.54 Å². The van der Waals surface area contributed by atoms with Crippen LogP contribution in [0.3, 0.4) is 0 Å². The summed E-state index contributed by atoms with van der Waals surface area (Å²) in [5.74, 6) is -0.296. The molecular formula is C10H13N3O2S. The summed E-state index contributed by atoms with van der Waals surface area (Å²) >= 11 is 1.38. The zero-order valence-corrected chi connectivity index (χ0v) is 10.0. The van der Waals surface area contributed by atoms with E-state index in [4.69, 9.17) is 10.3 Å². The van der Waals surface area contributed by atoms with Crippen molar-refractivity contribution >= 4 is 17.3 Å². The van der Waals surface area contributed by atoms with Gasteiger partial charge >= 0.3 is 5.97 Å². The molecule has 1 rings (SSSR count). The molecule has 0 radical (unpaired) electrons. The lowest BCUT2D eigenvalue weighted by atomic mass is 10.3. The van der Waals surface area contributed by atoms with E-state index in [0.717, 1.165) is 4.88 Å². The highest BCUT2D eigenvalue weighted by atomic mass is 32.1. The summed E-state index contributed by atoms with van der Waals surface area (Å²) in [5.41, 5.74) is 8.12. The molecule has 0 bridgehead atoms. The first-order chi connectivity index (χ1) is 7.63. The monoisotopic (exact) mass is 239 g/mol. The van der Waals surface area contributed by atoms with Gasteiger partial charge in [0.25, 0.3) is 0 Å². The normalized spacial score (nSPS) is 9.94. The van der Waals surface area contributed by atoms with Gasteiger partial charge in [0.2, 0.25) is 0 Å². The Balaban J connectivity index is 2.56. The molecule has 0 saturated carbocycles. The van der Waals surface area contributed by atoms with Gasteiger partial charge in [-0.25, -0.2) is 4.79 Å². The highest BCUT2D eigenvalue weighted by molar-refractivity contribution is 7.13. The van der Waals surface area contributed by atoms with Gasteiger partial charge in [0, 0.05) is 16.3 Å². The minimum atomic E-state index is -0.296. The molecule has 0 saturated heterocycles. The van der Waals surface area contributed by atoms with Crippen molar-refractivity contribution < 1.29 is 9.53 Å².